The molecule has 3 N–H and O–H groups in total. The highest BCUT2D eigenvalue weighted by atomic mass is 16.3. The molecule has 11 heteroatoms. The maximum absolute atomic E-state index is 11.9. The number of aldehydes is 1. The van der Waals surface area contributed by atoms with Gasteiger partial charge in [0.2, 0.25) is 12.2 Å². The van der Waals surface area contributed by atoms with Crippen LogP contribution in [-0.4, -0.2) is 111 Å². The lowest BCUT2D eigenvalue weighted by Gasteiger charge is -2.34. The van der Waals surface area contributed by atoms with Gasteiger partial charge in [0.25, 0.3) is 0 Å². The van der Waals surface area contributed by atoms with Gasteiger partial charge in [0, 0.05) is 44.0 Å². The molecule has 0 bridgehead atoms. The zero-order valence-corrected chi connectivity index (χ0v) is 27.4. The van der Waals surface area contributed by atoms with E-state index >= 15 is 0 Å². The second-order valence-corrected chi connectivity index (χ2v) is 13.2. The normalized spacial score (nSPS) is 18.1. The number of amides is 1. The van der Waals surface area contributed by atoms with Crippen molar-refractivity contribution in [2.45, 2.75) is 64.5 Å². The number of hydrogen-bond donors (Lipinski definition) is 3. The van der Waals surface area contributed by atoms with Gasteiger partial charge in [0.15, 0.2) is 12.1 Å². The van der Waals surface area contributed by atoms with Gasteiger partial charge in [-0.05, 0) is 106 Å². The first kappa shape index (κ1) is 33.6. The van der Waals surface area contributed by atoms with Crippen LogP contribution in [-0.2, 0) is 11.3 Å². The molecule has 2 aliphatic rings. The number of likely N-dealkylation sites (tertiary alicyclic amines) is 2. The molecule has 248 valence electrons. The Bertz CT molecular complexity index is 1450. The second-order valence-electron chi connectivity index (χ2n) is 13.2. The number of nitrogens with one attached hydrogen (secondary N) is 1. The van der Waals surface area contributed by atoms with Crippen molar-refractivity contribution < 1.29 is 19.8 Å². The molecule has 0 spiro atoms. The zero-order valence-electron chi connectivity index (χ0n) is 27.4. The third-order valence-corrected chi connectivity index (χ3v) is 9.76. The standard InChI is InChI=1S/C35H49N7O4/c1-25(2)30-19-31(33(46)20-32(30)45)35-38-37-34(23-43)42(35)28-8-6-27(7-9-28)21-40-15-10-26(11-16-40)12-17-41(18-13-36-24-44)22-29-5-4-14-39(29)3/h6-9,19-20,23-26,29,45-46H,4-5,10-18,21-22H2,1-3H3,(H,36,44)/t29-/m1/s1. The Labute approximate surface area is 272 Å². The Balaban J connectivity index is 1.18. The second kappa shape index (κ2) is 15.7. The molecule has 1 atom stereocenters. The summed E-state index contributed by atoms with van der Waals surface area (Å²) < 4.78 is 1.64. The van der Waals surface area contributed by atoms with Crippen LogP contribution in [0.25, 0.3) is 17.1 Å². The summed E-state index contributed by atoms with van der Waals surface area (Å²) in [4.78, 5) is 30.2. The molecule has 1 aromatic heterocycles. The van der Waals surface area contributed by atoms with E-state index in [1.165, 1.54) is 50.3 Å². The van der Waals surface area contributed by atoms with Gasteiger partial charge in [-0.2, -0.15) is 0 Å². The molecule has 0 unspecified atom stereocenters. The van der Waals surface area contributed by atoms with Crippen molar-refractivity contribution in [1.82, 2.24) is 34.8 Å². The fourth-order valence-electron chi connectivity index (χ4n) is 6.93. The van der Waals surface area contributed by atoms with Gasteiger partial charge in [-0.1, -0.05) is 26.0 Å². The molecule has 1 amide bonds. The van der Waals surface area contributed by atoms with Crippen molar-refractivity contribution >= 4 is 12.7 Å². The number of aromatic nitrogens is 3. The molecule has 3 heterocycles. The van der Waals surface area contributed by atoms with Gasteiger partial charge in [-0.25, -0.2) is 0 Å². The first-order chi connectivity index (χ1) is 22.3. The van der Waals surface area contributed by atoms with Crippen LogP contribution < -0.4 is 5.32 Å². The van der Waals surface area contributed by atoms with E-state index in [-0.39, 0.29) is 23.2 Å². The molecule has 11 nitrogen and oxygen atoms in total. The lowest BCUT2D eigenvalue weighted by Crippen LogP contribution is -2.42. The van der Waals surface area contributed by atoms with E-state index in [0.29, 0.717) is 41.7 Å². The topological polar surface area (TPSA) is 127 Å². The molecule has 0 aliphatic carbocycles. The number of hydrogen-bond acceptors (Lipinski definition) is 9. The molecule has 0 radical (unpaired) electrons. The molecular formula is C35H49N7O4. The Hall–Kier alpha value is -3.80. The van der Waals surface area contributed by atoms with Gasteiger partial charge in [0.05, 0.1) is 5.56 Å². The summed E-state index contributed by atoms with van der Waals surface area (Å²) >= 11 is 0. The van der Waals surface area contributed by atoms with Crippen LogP contribution in [0, 0.1) is 5.92 Å². The predicted molar refractivity (Wildman–Crippen MR) is 178 cm³/mol. The van der Waals surface area contributed by atoms with Crippen molar-refractivity contribution in [3.63, 3.8) is 0 Å². The lowest BCUT2D eigenvalue weighted by molar-refractivity contribution is -0.109. The number of rotatable bonds is 15. The molecule has 0 saturated carbocycles. The zero-order chi connectivity index (χ0) is 32.6. The van der Waals surface area contributed by atoms with Crippen molar-refractivity contribution in [3.8, 4) is 28.6 Å². The van der Waals surface area contributed by atoms with E-state index in [1.807, 2.05) is 26.0 Å². The van der Waals surface area contributed by atoms with Crippen molar-refractivity contribution in [3.05, 3.63) is 53.3 Å². The third-order valence-electron chi connectivity index (χ3n) is 9.76. The molecule has 2 fully saturated rings. The number of carbonyl (C=O) groups excluding carboxylic acids is 2. The summed E-state index contributed by atoms with van der Waals surface area (Å²) in [5.74, 6) is 1.10. The number of phenolic OH excluding ortho intramolecular Hbond substituents is 2. The number of piperidine rings is 1. The highest BCUT2D eigenvalue weighted by Gasteiger charge is 2.25. The highest BCUT2D eigenvalue weighted by molar-refractivity contribution is 5.76. The van der Waals surface area contributed by atoms with Crippen LogP contribution in [0.3, 0.4) is 0 Å². The van der Waals surface area contributed by atoms with Crippen LogP contribution in [0.5, 0.6) is 11.5 Å². The Morgan fingerprint density at radius 3 is 2.41 bits per heavy atom. The van der Waals surface area contributed by atoms with Gasteiger partial charge < -0.3 is 25.3 Å². The number of benzene rings is 2. The van der Waals surface area contributed by atoms with E-state index in [4.69, 9.17) is 0 Å². The molecule has 5 rings (SSSR count). The number of carbonyl (C=O) groups is 2. The van der Waals surface area contributed by atoms with Crippen molar-refractivity contribution in [2.24, 2.45) is 5.92 Å². The first-order valence-corrected chi connectivity index (χ1v) is 16.7. The minimum atomic E-state index is -0.128. The van der Waals surface area contributed by atoms with Gasteiger partial charge in [0.1, 0.15) is 11.5 Å². The summed E-state index contributed by atoms with van der Waals surface area (Å²) in [6.45, 7) is 11.8. The summed E-state index contributed by atoms with van der Waals surface area (Å²) in [6.07, 6.45) is 7.54. The fraction of sp³-hybridized carbons (Fsp3) is 0.543. The highest BCUT2D eigenvalue weighted by Crippen LogP contribution is 2.38. The van der Waals surface area contributed by atoms with E-state index in [0.717, 1.165) is 51.4 Å². The van der Waals surface area contributed by atoms with Crippen LogP contribution in [0.15, 0.2) is 36.4 Å². The minimum absolute atomic E-state index is 0.0178. The fourth-order valence-corrected chi connectivity index (χ4v) is 6.93. The quantitative estimate of drug-likeness (QED) is 0.168. The number of phenols is 2. The van der Waals surface area contributed by atoms with Gasteiger partial charge in [-0.3, -0.25) is 19.1 Å². The molecular weight excluding hydrogens is 582 g/mol. The Kier molecular flexibility index (Phi) is 11.4. The van der Waals surface area contributed by atoms with Gasteiger partial charge >= 0.3 is 0 Å². The van der Waals surface area contributed by atoms with Gasteiger partial charge in [-0.15, -0.1) is 10.2 Å². The molecule has 2 aromatic carbocycles. The van der Waals surface area contributed by atoms with Crippen molar-refractivity contribution in [1.29, 1.82) is 0 Å². The smallest absolute Gasteiger partial charge is 0.207 e. The Morgan fingerprint density at radius 1 is 1.00 bits per heavy atom. The van der Waals surface area contributed by atoms with Crippen molar-refractivity contribution in [2.75, 3.05) is 52.9 Å². The number of likely N-dealkylation sites (N-methyl/N-ethyl adjacent to an activating group) is 1. The Morgan fingerprint density at radius 2 is 1.76 bits per heavy atom. The average Bonchev–Trinajstić information content (AvgIpc) is 3.66. The first-order valence-electron chi connectivity index (χ1n) is 16.7. The van der Waals surface area contributed by atoms with Crippen LogP contribution in [0.1, 0.15) is 73.6 Å². The molecule has 2 aliphatic heterocycles. The average molecular weight is 632 g/mol. The van der Waals surface area contributed by atoms with E-state index < -0.39 is 0 Å². The summed E-state index contributed by atoms with van der Waals surface area (Å²) in [5.41, 5.74) is 2.99. The molecule has 46 heavy (non-hydrogen) atoms. The largest absolute Gasteiger partial charge is 0.508 e. The van der Waals surface area contributed by atoms with Crippen LogP contribution in [0.4, 0.5) is 0 Å². The molecule has 2 saturated heterocycles. The molecule has 3 aromatic rings. The van der Waals surface area contributed by atoms with E-state index in [9.17, 15) is 19.8 Å². The SMILES string of the molecule is CC(C)c1cc(-c2nnc(C=O)n2-c2ccc(CN3CCC(CCN(CCNC=O)C[C@H]4CCCN4C)CC3)cc2)c(O)cc1O. The monoisotopic (exact) mass is 631 g/mol. The summed E-state index contributed by atoms with van der Waals surface area (Å²) in [5, 5.41) is 32.1. The summed E-state index contributed by atoms with van der Waals surface area (Å²) in [6, 6.07) is 11.7. The number of nitrogens with zero attached hydrogens (tertiary/aromatic N) is 6. The van der Waals surface area contributed by atoms with E-state index in [1.54, 1.807) is 10.6 Å². The van der Waals surface area contributed by atoms with E-state index in [2.05, 4.69) is 49.4 Å². The summed E-state index contributed by atoms with van der Waals surface area (Å²) in [7, 11) is 2.23. The maximum Gasteiger partial charge on any atom is 0.207 e. The number of aromatic hydroxyl groups is 2. The van der Waals surface area contributed by atoms with Crippen LogP contribution in [0.2, 0.25) is 0 Å². The third kappa shape index (κ3) is 8.12. The predicted octanol–water partition coefficient (Wildman–Crippen LogP) is 4.03. The minimum Gasteiger partial charge on any atom is -0.508 e. The maximum atomic E-state index is 11.9. The van der Waals surface area contributed by atoms with Crippen LogP contribution >= 0.6 is 0 Å². The lowest BCUT2D eigenvalue weighted by atomic mass is 9.93.